The highest BCUT2D eigenvalue weighted by molar-refractivity contribution is 7.99. The number of carbonyl (C=O) groups excluding carboxylic acids is 2. The minimum Gasteiger partial charge on any atom is -0.342 e. The molecule has 3 aromatic rings. The average Bonchev–Trinajstić information content (AvgIpc) is 3.08. The van der Waals surface area contributed by atoms with Crippen LogP contribution >= 0.6 is 11.8 Å². The summed E-state index contributed by atoms with van der Waals surface area (Å²) in [4.78, 5) is 24.6. The zero-order valence-corrected chi connectivity index (χ0v) is 17.7. The van der Waals surface area contributed by atoms with Gasteiger partial charge in [-0.3, -0.25) is 9.59 Å². The molecule has 2 N–H and O–H groups in total. The minimum absolute atomic E-state index is 0.118. The molecule has 7 nitrogen and oxygen atoms in total. The zero-order chi connectivity index (χ0) is 21.7. The smallest absolute Gasteiger partial charge is 0.251 e. The van der Waals surface area contributed by atoms with Gasteiger partial charge in [0.25, 0.3) is 5.91 Å². The highest BCUT2D eigenvalue weighted by Gasteiger charge is 2.19. The number of rotatable bonds is 7. The van der Waals surface area contributed by atoms with Gasteiger partial charge in [-0.05, 0) is 50.2 Å². The fraction of sp³-hybridized carbons (Fsp3) is 0.238. The van der Waals surface area contributed by atoms with Gasteiger partial charge < -0.3 is 15.2 Å². The van der Waals surface area contributed by atoms with Crippen LogP contribution in [0.1, 0.15) is 34.7 Å². The number of anilines is 1. The first-order chi connectivity index (χ1) is 14.3. The number of hydrogen-bond acceptors (Lipinski definition) is 5. The Balaban J connectivity index is 1.57. The van der Waals surface area contributed by atoms with Crippen LogP contribution in [0.4, 0.5) is 10.1 Å². The fourth-order valence-electron chi connectivity index (χ4n) is 2.82. The monoisotopic (exact) mass is 427 g/mol. The maximum Gasteiger partial charge on any atom is 0.251 e. The number of halogens is 1. The Labute approximate surface area is 178 Å². The van der Waals surface area contributed by atoms with Gasteiger partial charge in [-0.2, -0.15) is 0 Å². The number of aromatic nitrogens is 3. The quantitative estimate of drug-likeness (QED) is 0.564. The Hall–Kier alpha value is -3.20. The number of thioether (sulfide) groups is 1. The Morgan fingerprint density at radius 2 is 1.90 bits per heavy atom. The van der Waals surface area contributed by atoms with E-state index in [0.29, 0.717) is 22.2 Å². The van der Waals surface area contributed by atoms with Crippen LogP contribution in [0.5, 0.6) is 0 Å². The van der Waals surface area contributed by atoms with E-state index in [1.54, 1.807) is 17.7 Å². The second-order valence-corrected chi connectivity index (χ2v) is 7.75. The molecule has 0 saturated carbocycles. The second kappa shape index (κ2) is 9.53. The summed E-state index contributed by atoms with van der Waals surface area (Å²) in [6, 6.07) is 12.5. The number of amides is 2. The predicted molar refractivity (Wildman–Crippen MR) is 114 cm³/mol. The molecule has 3 rings (SSSR count). The molecule has 156 valence electrons. The maximum atomic E-state index is 12.9. The standard InChI is InChI=1S/C21H22FN5O2S/c1-13-5-4-6-15(11-13)20(29)23-14(2)19-25-26-21(27(19)3)30-12-18(28)24-17-9-7-16(22)8-10-17/h4-11,14H,12H2,1-3H3,(H,23,29)(H,24,28). The molecular formula is C21H22FN5O2S. The van der Waals surface area contributed by atoms with Gasteiger partial charge in [0.1, 0.15) is 5.82 Å². The summed E-state index contributed by atoms with van der Waals surface area (Å²) < 4.78 is 14.7. The Morgan fingerprint density at radius 3 is 2.60 bits per heavy atom. The summed E-state index contributed by atoms with van der Waals surface area (Å²) in [6.45, 7) is 3.76. The molecule has 2 amide bonds. The number of hydrogen-bond donors (Lipinski definition) is 2. The number of nitrogens with one attached hydrogen (secondary N) is 2. The Kier molecular flexibility index (Phi) is 6.83. The van der Waals surface area contributed by atoms with E-state index in [9.17, 15) is 14.0 Å². The second-order valence-electron chi connectivity index (χ2n) is 6.81. The molecule has 0 radical (unpaired) electrons. The molecule has 0 aliphatic carbocycles. The molecule has 1 unspecified atom stereocenters. The minimum atomic E-state index is -0.363. The third-order valence-corrected chi connectivity index (χ3v) is 5.36. The van der Waals surface area contributed by atoms with E-state index in [1.807, 2.05) is 32.0 Å². The van der Waals surface area contributed by atoms with Crippen molar-refractivity contribution in [3.8, 4) is 0 Å². The molecular weight excluding hydrogens is 405 g/mol. The number of benzene rings is 2. The molecule has 0 aliphatic heterocycles. The van der Waals surface area contributed by atoms with Gasteiger partial charge in [0.05, 0.1) is 11.8 Å². The number of carbonyl (C=O) groups is 2. The predicted octanol–water partition coefficient (Wildman–Crippen LogP) is 3.48. The van der Waals surface area contributed by atoms with Crippen LogP contribution in [0, 0.1) is 12.7 Å². The SMILES string of the molecule is Cc1cccc(C(=O)NC(C)c2nnc(SCC(=O)Nc3ccc(F)cc3)n2C)c1. The van der Waals surface area contributed by atoms with Gasteiger partial charge in [0.15, 0.2) is 11.0 Å². The fourth-order valence-corrected chi connectivity index (χ4v) is 3.54. The lowest BCUT2D eigenvalue weighted by Gasteiger charge is -2.14. The topological polar surface area (TPSA) is 88.9 Å². The van der Waals surface area contributed by atoms with E-state index in [2.05, 4.69) is 20.8 Å². The van der Waals surface area contributed by atoms with E-state index < -0.39 is 0 Å². The van der Waals surface area contributed by atoms with Crippen molar-refractivity contribution in [3.63, 3.8) is 0 Å². The van der Waals surface area contributed by atoms with Crippen molar-refractivity contribution in [1.29, 1.82) is 0 Å². The van der Waals surface area contributed by atoms with Crippen molar-refractivity contribution in [2.75, 3.05) is 11.1 Å². The van der Waals surface area contributed by atoms with Gasteiger partial charge in [0.2, 0.25) is 5.91 Å². The first kappa shape index (κ1) is 21.5. The lowest BCUT2D eigenvalue weighted by molar-refractivity contribution is -0.113. The van der Waals surface area contributed by atoms with E-state index in [4.69, 9.17) is 0 Å². The van der Waals surface area contributed by atoms with Gasteiger partial charge in [0, 0.05) is 18.3 Å². The van der Waals surface area contributed by atoms with Crippen molar-refractivity contribution >= 4 is 29.3 Å². The zero-order valence-electron chi connectivity index (χ0n) is 16.8. The highest BCUT2D eigenvalue weighted by atomic mass is 32.2. The van der Waals surface area contributed by atoms with E-state index in [1.165, 1.54) is 36.0 Å². The lowest BCUT2D eigenvalue weighted by atomic mass is 10.1. The summed E-state index contributed by atoms with van der Waals surface area (Å²) in [5, 5.41) is 14.4. The summed E-state index contributed by atoms with van der Waals surface area (Å²) in [5.41, 5.74) is 2.11. The van der Waals surface area contributed by atoms with E-state index in [-0.39, 0.29) is 29.4 Å². The molecule has 0 spiro atoms. The van der Waals surface area contributed by atoms with Crippen molar-refractivity contribution in [2.24, 2.45) is 7.05 Å². The summed E-state index contributed by atoms with van der Waals surface area (Å²) in [7, 11) is 1.78. The molecule has 0 aliphatic rings. The molecule has 9 heteroatoms. The third kappa shape index (κ3) is 5.44. The van der Waals surface area contributed by atoms with Crippen LogP contribution in [0.3, 0.4) is 0 Å². The first-order valence-corrected chi connectivity index (χ1v) is 10.3. The van der Waals surface area contributed by atoms with Crippen LogP contribution < -0.4 is 10.6 Å². The van der Waals surface area contributed by atoms with Crippen molar-refractivity contribution < 1.29 is 14.0 Å². The van der Waals surface area contributed by atoms with Crippen LogP contribution in [-0.2, 0) is 11.8 Å². The Morgan fingerprint density at radius 1 is 1.17 bits per heavy atom. The van der Waals surface area contributed by atoms with Crippen molar-refractivity contribution in [3.05, 3.63) is 71.3 Å². The van der Waals surface area contributed by atoms with E-state index >= 15 is 0 Å². The molecule has 1 aromatic heterocycles. The normalized spacial score (nSPS) is 11.7. The molecule has 0 saturated heterocycles. The van der Waals surface area contributed by atoms with Gasteiger partial charge in [-0.15, -0.1) is 10.2 Å². The maximum absolute atomic E-state index is 12.9. The largest absolute Gasteiger partial charge is 0.342 e. The van der Waals surface area contributed by atoms with Crippen LogP contribution in [0.15, 0.2) is 53.7 Å². The van der Waals surface area contributed by atoms with Crippen molar-refractivity contribution in [1.82, 2.24) is 20.1 Å². The Bertz CT molecular complexity index is 1050. The van der Waals surface area contributed by atoms with Crippen LogP contribution in [-0.4, -0.2) is 32.3 Å². The number of nitrogens with zero attached hydrogens (tertiary/aromatic N) is 3. The summed E-state index contributed by atoms with van der Waals surface area (Å²) >= 11 is 1.22. The molecule has 0 bridgehead atoms. The van der Waals surface area contributed by atoms with Gasteiger partial charge in [-0.1, -0.05) is 29.5 Å². The lowest BCUT2D eigenvalue weighted by Crippen LogP contribution is -2.28. The van der Waals surface area contributed by atoms with Crippen LogP contribution in [0.2, 0.25) is 0 Å². The summed E-state index contributed by atoms with van der Waals surface area (Å²) in [6.07, 6.45) is 0. The molecule has 1 atom stereocenters. The third-order valence-electron chi connectivity index (χ3n) is 4.34. The van der Waals surface area contributed by atoms with Gasteiger partial charge >= 0.3 is 0 Å². The molecule has 0 fully saturated rings. The summed E-state index contributed by atoms with van der Waals surface area (Å²) in [5.74, 6) is -0.0954. The number of aryl methyl sites for hydroxylation is 1. The van der Waals surface area contributed by atoms with E-state index in [0.717, 1.165) is 5.56 Å². The average molecular weight is 428 g/mol. The highest BCUT2D eigenvalue weighted by Crippen LogP contribution is 2.20. The first-order valence-electron chi connectivity index (χ1n) is 9.28. The molecule has 1 heterocycles. The molecule has 30 heavy (non-hydrogen) atoms. The van der Waals surface area contributed by atoms with Crippen molar-refractivity contribution in [2.45, 2.75) is 25.0 Å². The van der Waals surface area contributed by atoms with Gasteiger partial charge in [-0.25, -0.2) is 4.39 Å². The van der Waals surface area contributed by atoms with Crippen LogP contribution in [0.25, 0.3) is 0 Å². The molecule has 2 aromatic carbocycles.